The van der Waals surface area contributed by atoms with Crippen LogP contribution in [-0.4, -0.2) is 19.3 Å². The van der Waals surface area contributed by atoms with Gasteiger partial charge in [-0.15, -0.1) is 0 Å². The lowest BCUT2D eigenvalue weighted by Gasteiger charge is -2.21. The second kappa shape index (κ2) is 10.7. The van der Waals surface area contributed by atoms with Crippen molar-refractivity contribution >= 4 is 7.82 Å². The van der Waals surface area contributed by atoms with Gasteiger partial charge in [0.25, 0.3) is 0 Å². The smallest absolute Gasteiger partial charge is 0.287 e. The molecular formula is C13H27O4P. The predicted molar refractivity (Wildman–Crippen MR) is 74.7 cm³/mol. The molecule has 0 fully saturated rings. The first-order valence-electron chi connectivity index (χ1n) is 6.85. The minimum atomic E-state index is -3.41. The molecule has 0 heterocycles. The van der Waals surface area contributed by atoms with Gasteiger partial charge in [0.15, 0.2) is 0 Å². The minimum absolute atomic E-state index is 0.203. The first kappa shape index (κ1) is 17.8. The summed E-state index contributed by atoms with van der Waals surface area (Å²) in [5.74, 6) is 0. The molecule has 0 spiro atoms. The topological polar surface area (TPSA) is 44.8 Å². The van der Waals surface area contributed by atoms with Crippen molar-refractivity contribution in [3.05, 3.63) is 12.2 Å². The van der Waals surface area contributed by atoms with Crippen LogP contribution in [0.3, 0.4) is 0 Å². The van der Waals surface area contributed by atoms with Crippen LogP contribution in [0.1, 0.15) is 53.4 Å². The fraction of sp³-hybridized carbons (Fsp3) is 0.846. The van der Waals surface area contributed by atoms with Gasteiger partial charge in [-0.05, 0) is 26.7 Å². The van der Waals surface area contributed by atoms with Gasteiger partial charge >= 0.3 is 7.82 Å². The highest BCUT2D eigenvalue weighted by molar-refractivity contribution is 7.48. The molecule has 1 unspecified atom stereocenters. The van der Waals surface area contributed by atoms with Crippen LogP contribution < -0.4 is 0 Å². The summed E-state index contributed by atoms with van der Waals surface area (Å²) in [6, 6.07) is 0. The summed E-state index contributed by atoms with van der Waals surface area (Å²) >= 11 is 0. The molecule has 0 rings (SSSR count). The molecule has 5 heteroatoms. The van der Waals surface area contributed by atoms with Crippen LogP contribution in [0, 0.1) is 0 Å². The molecular weight excluding hydrogens is 251 g/mol. The highest BCUT2D eigenvalue weighted by Gasteiger charge is 2.28. The van der Waals surface area contributed by atoms with E-state index in [2.05, 4.69) is 19.9 Å². The third-order valence-electron chi connectivity index (χ3n) is 2.22. The van der Waals surface area contributed by atoms with Crippen LogP contribution in [0.25, 0.3) is 0 Å². The van der Waals surface area contributed by atoms with E-state index in [-0.39, 0.29) is 6.10 Å². The van der Waals surface area contributed by atoms with Crippen LogP contribution in [-0.2, 0) is 18.1 Å². The summed E-state index contributed by atoms with van der Waals surface area (Å²) in [5, 5.41) is 0. The van der Waals surface area contributed by atoms with E-state index >= 15 is 0 Å². The molecule has 0 aliphatic heterocycles. The minimum Gasteiger partial charge on any atom is -0.287 e. The maximum Gasteiger partial charge on any atom is 0.475 e. The normalized spacial score (nSPS) is 14.2. The fourth-order valence-electron chi connectivity index (χ4n) is 1.46. The molecule has 0 aliphatic carbocycles. The predicted octanol–water partition coefficient (Wildman–Crippen LogP) is 4.71. The zero-order valence-corrected chi connectivity index (χ0v) is 12.9. The van der Waals surface area contributed by atoms with Crippen LogP contribution >= 0.6 is 7.82 Å². The summed E-state index contributed by atoms with van der Waals surface area (Å²) in [6.45, 7) is 8.36. The van der Waals surface area contributed by atoms with Crippen molar-refractivity contribution in [1.82, 2.24) is 0 Å². The molecule has 0 radical (unpaired) electrons. The van der Waals surface area contributed by atoms with Crippen molar-refractivity contribution in [1.29, 1.82) is 0 Å². The van der Waals surface area contributed by atoms with Gasteiger partial charge in [0.1, 0.15) is 0 Å². The van der Waals surface area contributed by atoms with Crippen LogP contribution in [0.15, 0.2) is 12.2 Å². The van der Waals surface area contributed by atoms with E-state index in [1.165, 1.54) is 0 Å². The van der Waals surface area contributed by atoms with Gasteiger partial charge in [-0.25, -0.2) is 4.57 Å². The van der Waals surface area contributed by atoms with Crippen molar-refractivity contribution in [2.45, 2.75) is 59.5 Å². The van der Waals surface area contributed by atoms with Crippen molar-refractivity contribution in [2.24, 2.45) is 0 Å². The molecule has 0 bridgehead atoms. The maximum absolute atomic E-state index is 12.2. The Kier molecular flexibility index (Phi) is 10.7. The number of allylic oxidation sites excluding steroid dienone is 1. The number of unbranched alkanes of at least 4 members (excludes halogenated alkanes) is 1. The summed E-state index contributed by atoms with van der Waals surface area (Å²) < 4.78 is 28.0. The molecule has 108 valence electrons. The summed E-state index contributed by atoms with van der Waals surface area (Å²) in [7, 11) is -3.41. The molecule has 0 aromatic heterocycles. The fourth-order valence-corrected chi connectivity index (χ4v) is 2.80. The molecule has 1 atom stereocenters. The van der Waals surface area contributed by atoms with Gasteiger partial charge in [0.2, 0.25) is 0 Å². The Morgan fingerprint density at radius 1 is 1.06 bits per heavy atom. The van der Waals surface area contributed by atoms with E-state index in [0.29, 0.717) is 13.2 Å². The van der Waals surface area contributed by atoms with Crippen LogP contribution in [0.2, 0.25) is 0 Å². The Bertz CT molecular complexity index is 256. The summed E-state index contributed by atoms with van der Waals surface area (Å²) in [5.41, 5.74) is 0. The second-order valence-corrected chi connectivity index (χ2v) is 5.55. The largest absolute Gasteiger partial charge is 0.475 e. The summed E-state index contributed by atoms with van der Waals surface area (Å²) in [6.07, 6.45) is 7.66. The molecule has 0 amide bonds. The van der Waals surface area contributed by atoms with Gasteiger partial charge in [-0.1, -0.05) is 38.8 Å². The first-order chi connectivity index (χ1) is 8.61. The number of hydrogen-bond donors (Lipinski definition) is 0. The lowest BCUT2D eigenvalue weighted by atomic mass is 10.2. The third kappa shape index (κ3) is 8.04. The Hall–Kier alpha value is -0.150. The van der Waals surface area contributed by atoms with Crippen molar-refractivity contribution < 1.29 is 18.1 Å². The number of rotatable bonds is 11. The molecule has 0 aromatic carbocycles. The van der Waals surface area contributed by atoms with E-state index < -0.39 is 7.82 Å². The molecule has 0 aliphatic rings. The molecule has 0 saturated heterocycles. The molecule has 0 aromatic rings. The molecule has 0 saturated carbocycles. The van der Waals surface area contributed by atoms with Gasteiger partial charge in [-0.2, -0.15) is 0 Å². The van der Waals surface area contributed by atoms with Crippen LogP contribution in [0.4, 0.5) is 0 Å². The van der Waals surface area contributed by atoms with Crippen molar-refractivity contribution in [3.63, 3.8) is 0 Å². The SMILES string of the molecule is CCC/C=C/C(CCC)OP(=O)(OCC)OCC. The average molecular weight is 278 g/mol. The lowest BCUT2D eigenvalue weighted by molar-refractivity contribution is 0.0973. The average Bonchev–Trinajstić information content (AvgIpc) is 2.30. The van der Waals surface area contributed by atoms with Crippen LogP contribution in [0.5, 0.6) is 0 Å². The number of phosphoric acid groups is 1. The van der Waals surface area contributed by atoms with Gasteiger partial charge < -0.3 is 0 Å². The van der Waals surface area contributed by atoms with Gasteiger partial charge in [0, 0.05) is 0 Å². The Morgan fingerprint density at radius 3 is 2.11 bits per heavy atom. The number of phosphoric ester groups is 1. The van der Waals surface area contributed by atoms with E-state index in [0.717, 1.165) is 25.7 Å². The maximum atomic E-state index is 12.2. The van der Waals surface area contributed by atoms with E-state index in [1.54, 1.807) is 13.8 Å². The Balaban J connectivity index is 4.54. The Labute approximate surface area is 111 Å². The second-order valence-electron chi connectivity index (χ2n) is 3.93. The highest BCUT2D eigenvalue weighted by Crippen LogP contribution is 2.50. The van der Waals surface area contributed by atoms with E-state index in [4.69, 9.17) is 13.6 Å². The number of hydrogen-bond acceptors (Lipinski definition) is 4. The lowest BCUT2D eigenvalue weighted by Crippen LogP contribution is -2.11. The molecule has 4 nitrogen and oxygen atoms in total. The van der Waals surface area contributed by atoms with Crippen molar-refractivity contribution in [3.8, 4) is 0 Å². The molecule has 18 heavy (non-hydrogen) atoms. The third-order valence-corrected chi connectivity index (χ3v) is 3.90. The van der Waals surface area contributed by atoms with E-state index in [9.17, 15) is 4.57 Å². The first-order valence-corrected chi connectivity index (χ1v) is 8.32. The Morgan fingerprint density at radius 2 is 1.67 bits per heavy atom. The monoisotopic (exact) mass is 278 g/mol. The zero-order valence-electron chi connectivity index (χ0n) is 12.1. The van der Waals surface area contributed by atoms with Crippen molar-refractivity contribution in [2.75, 3.05) is 13.2 Å². The van der Waals surface area contributed by atoms with Gasteiger partial charge in [0.05, 0.1) is 19.3 Å². The quantitative estimate of drug-likeness (QED) is 0.405. The molecule has 0 N–H and O–H groups in total. The zero-order chi connectivity index (χ0) is 13.9. The highest BCUT2D eigenvalue weighted by atomic mass is 31.2. The summed E-state index contributed by atoms with van der Waals surface area (Å²) in [4.78, 5) is 0. The van der Waals surface area contributed by atoms with Gasteiger partial charge in [-0.3, -0.25) is 13.6 Å². The standard InChI is InChI=1S/C13H27O4P/c1-5-9-10-12-13(11-6-2)17-18(14,15-7-3)16-8-4/h10,12-13H,5-9,11H2,1-4H3/b12-10+. The van der Waals surface area contributed by atoms with E-state index in [1.807, 2.05) is 6.08 Å².